The molecule has 7 nitrogen and oxygen atoms in total. The Hall–Kier alpha value is -3.82. The smallest absolute Gasteiger partial charge is 0.394 e. The first kappa shape index (κ1) is 36.6. The van der Waals surface area contributed by atoms with Crippen LogP contribution in [0.5, 0.6) is 0 Å². The predicted octanol–water partition coefficient (Wildman–Crippen LogP) is 7.01. The second kappa shape index (κ2) is 17.8. The molecule has 0 saturated carbocycles. The van der Waals surface area contributed by atoms with Gasteiger partial charge < -0.3 is 24.9 Å². The minimum atomic E-state index is -4.34. The Kier molecular flexibility index (Phi) is 14.2. The number of hydrogen-bond donors (Lipinski definition) is 1. The van der Waals surface area contributed by atoms with Gasteiger partial charge in [0.1, 0.15) is 18.0 Å². The SMILES string of the molecule is CN(C)CCCC1(c2ccc(F)cc2)OCc2cc(C#N)ccc21.COCCCC/C(=N\OCCN)c1ccc(C(F)(F)F)cc1. The standard InChI is InChI=1S/C20H21FN2O.C15H21F3N2O2/c1-23(2)11-3-10-20(17-5-7-18(21)8-6-17)19-9-4-15(13-22)12-16(19)14-24-20;1-21-10-3-2-4-14(20-22-11-9-19)12-5-7-13(8-6-12)15(16,17)18/h4-9,12H,3,10-11,14H2,1-2H3;5-8H,2-4,9-11,19H2,1H3/b;20-14+. The first-order valence-electron chi connectivity index (χ1n) is 15.2. The molecular formula is C35H42F4N4O3. The van der Waals surface area contributed by atoms with E-state index >= 15 is 0 Å². The average Bonchev–Trinajstić information content (AvgIpc) is 3.41. The highest BCUT2D eigenvalue weighted by Crippen LogP contribution is 2.45. The molecule has 0 saturated heterocycles. The van der Waals surface area contributed by atoms with Crippen LogP contribution in [0.3, 0.4) is 0 Å². The summed E-state index contributed by atoms with van der Waals surface area (Å²) in [5.74, 6) is -0.250. The van der Waals surface area contributed by atoms with Crippen molar-refractivity contribution in [3.05, 3.63) is 106 Å². The number of hydrogen-bond acceptors (Lipinski definition) is 7. The van der Waals surface area contributed by atoms with Crippen molar-refractivity contribution < 1.29 is 31.9 Å². The van der Waals surface area contributed by atoms with E-state index in [0.29, 0.717) is 43.0 Å². The van der Waals surface area contributed by atoms with Crippen LogP contribution in [-0.2, 0) is 32.7 Å². The van der Waals surface area contributed by atoms with Crippen molar-refractivity contribution in [2.45, 2.75) is 50.5 Å². The summed E-state index contributed by atoms with van der Waals surface area (Å²) in [5, 5.41) is 13.1. The molecule has 0 amide bonds. The number of halogens is 4. The van der Waals surface area contributed by atoms with Crippen LogP contribution in [0, 0.1) is 17.1 Å². The minimum absolute atomic E-state index is 0.250. The summed E-state index contributed by atoms with van der Waals surface area (Å²) < 4.78 is 62.3. The number of benzene rings is 3. The Bertz CT molecular complexity index is 1440. The summed E-state index contributed by atoms with van der Waals surface area (Å²) in [4.78, 5) is 7.21. The topological polar surface area (TPSA) is 93.1 Å². The average molecular weight is 643 g/mol. The molecule has 248 valence electrons. The van der Waals surface area contributed by atoms with Gasteiger partial charge in [0.25, 0.3) is 0 Å². The van der Waals surface area contributed by atoms with Crippen molar-refractivity contribution in [1.82, 2.24) is 4.90 Å². The zero-order valence-corrected chi connectivity index (χ0v) is 26.6. The van der Waals surface area contributed by atoms with Crippen LogP contribution in [0.1, 0.15) is 65.5 Å². The van der Waals surface area contributed by atoms with Crippen molar-refractivity contribution in [1.29, 1.82) is 5.26 Å². The molecule has 1 heterocycles. The van der Waals surface area contributed by atoms with Gasteiger partial charge in [0, 0.05) is 20.3 Å². The van der Waals surface area contributed by atoms with Crippen molar-refractivity contribution in [2.24, 2.45) is 10.9 Å². The molecule has 4 rings (SSSR count). The molecule has 2 N–H and O–H groups in total. The lowest BCUT2D eigenvalue weighted by atomic mass is 9.81. The number of unbranched alkanes of at least 4 members (excludes halogenated alkanes) is 1. The summed E-state index contributed by atoms with van der Waals surface area (Å²) >= 11 is 0. The van der Waals surface area contributed by atoms with Crippen LogP contribution in [0.15, 0.2) is 71.9 Å². The maximum absolute atomic E-state index is 13.4. The molecule has 46 heavy (non-hydrogen) atoms. The van der Waals surface area contributed by atoms with Gasteiger partial charge in [0.15, 0.2) is 0 Å². The number of oxime groups is 1. The summed E-state index contributed by atoms with van der Waals surface area (Å²) in [7, 11) is 5.72. The second-order valence-electron chi connectivity index (χ2n) is 11.2. The van der Waals surface area contributed by atoms with E-state index < -0.39 is 17.3 Å². The normalized spacial score (nSPS) is 16.0. The largest absolute Gasteiger partial charge is 0.416 e. The number of fused-ring (bicyclic) bond motifs is 1. The molecule has 11 heteroatoms. The third kappa shape index (κ3) is 10.4. The van der Waals surface area contributed by atoms with Gasteiger partial charge in [-0.2, -0.15) is 18.4 Å². The lowest BCUT2D eigenvalue weighted by molar-refractivity contribution is -0.137. The zero-order chi connectivity index (χ0) is 33.6. The summed E-state index contributed by atoms with van der Waals surface area (Å²) in [6.45, 7) is 2.65. The highest BCUT2D eigenvalue weighted by atomic mass is 19.4. The van der Waals surface area contributed by atoms with E-state index in [0.717, 1.165) is 61.1 Å². The number of nitrogens with two attached hydrogens (primary N) is 1. The van der Waals surface area contributed by atoms with Gasteiger partial charge in [0.05, 0.1) is 29.5 Å². The fourth-order valence-electron chi connectivity index (χ4n) is 5.22. The van der Waals surface area contributed by atoms with E-state index in [1.165, 1.54) is 24.3 Å². The van der Waals surface area contributed by atoms with Gasteiger partial charge in [-0.1, -0.05) is 35.5 Å². The first-order valence-corrected chi connectivity index (χ1v) is 15.2. The van der Waals surface area contributed by atoms with Crippen LogP contribution in [0.25, 0.3) is 0 Å². The summed E-state index contributed by atoms with van der Waals surface area (Å²) in [6, 6.07) is 19.4. The molecule has 1 unspecified atom stereocenters. The Morgan fingerprint density at radius 3 is 2.35 bits per heavy atom. The second-order valence-corrected chi connectivity index (χ2v) is 11.2. The van der Waals surface area contributed by atoms with Crippen molar-refractivity contribution in [2.75, 3.05) is 47.5 Å². The van der Waals surface area contributed by atoms with Crippen LogP contribution < -0.4 is 5.73 Å². The molecule has 0 bridgehead atoms. The molecular weight excluding hydrogens is 600 g/mol. The molecule has 1 atom stereocenters. The van der Waals surface area contributed by atoms with Crippen LogP contribution in [0.2, 0.25) is 0 Å². The molecule has 0 spiro atoms. The molecule has 0 aromatic heterocycles. The number of methoxy groups -OCH3 is 1. The van der Waals surface area contributed by atoms with Gasteiger partial charge in [-0.25, -0.2) is 4.39 Å². The Balaban J connectivity index is 0.000000252. The first-order chi connectivity index (χ1) is 22.0. The molecule has 1 aliphatic heterocycles. The monoisotopic (exact) mass is 642 g/mol. The van der Waals surface area contributed by atoms with Crippen molar-refractivity contribution >= 4 is 5.71 Å². The maximum atomic E-state index is 13.4. The number of nitriles is 1. The summed E-state index contributed by atoms with van der Waals surface area (Å²) in [5.41, 5.74) is 9.04. The third-order valence-electron chi connectivity index (χ3n) is 7.53. The van der Waals surface area contributed by atoms with Crippen molar-refractivity contribution in [3.63, 3.8) is 0 Å². The molecule has 3 aromatic carbocycles. The fraction of sp³-hybridized carbons (Fsp3) is 0.429. The Labute approximate surface area is 268 Å². The Morgan fingerprint density at radius 2 is 1.74 bits per heavy atom. The van der Waals surface area contributed by atoms with Gasteiger partial charge >= 0.3 is 6.18 Å². The fourth-order valence-corrected chi connectivity index (χ4v) is 5.22. The number of ether oxygens (including phenoxy) is 2. The van der Waals surface area contributed by atoms with E-state index in [2.05, 4.69) is 16.1 Å². The number of alkyl halides is 3. The zero-order valence-electron chi connectivity index (χ0n) is 26.6. The van der Waals surface area contributed by atoms with E-state index in [1.807, 2.05) is 32.3 Å². The van der Waals surface area contributed by atoms with Gasteiger partial charge in [-0.05, 0) is 111 Å². The van der Waals surface area contributed by atoms with E-state index in [9.17, 15) is 17.6 Å². The van der Waals surface area contributed by atoms with Gasteiger partial charge in [-0.3, -0.25) is 0 Å². The Morgan fingerprint density at radius 1 is 1.02 bits per heavy atom. The van der Waals surface area contributed by atoms with Gasteiger partial charge in [0.2, 0.25) is 0 Å². The van der Waals surface area contributed by atoms with E-state index in [4.69, 9.17) is 25.3 Å². The van der Waals surface area contributed by atoms with Gasteiger partial charge in [-0.15, -0.1) is 0 Å². The minimum Gasteiger partial charge on any atom is -0.394 e. The van der Waals surface area contributed by atoms with E-state index in [1.54, 1.807) is 19.2 Å². The molecule has 0 aliphatic carbocycles. The molecule has 1 aliphatic rings. The quantitative estimate of drug-likeness (QED) is 0.0880. The van der Waals surface area contributed by atoms with E-state index in [-0.39, 0.29) is 12.4 Å². The number of rotatable bonds is 14. The molecule has 0 fully saturated rings. The molecule has 3 aromatic rings. The van der Waals surface area contributed by atoms with Crippen LogP contribution in [-0.4, -0.2) is 58.1 Å². The van der Waals surface area contributed by atoms with Crippen LogP contribution in [0.4, 0.5) is 17.6 Å². The lowest BCUT2D eigenvalue weighted by Crippen LogP contribution is -2.28. The maximum Gasteiger partial charge on any atom is 0.416 e. The van der Waals surface area contributed by atoms with Crippen LogP contribution >= 0.6 is 0 Å². The highest BCUT2D eigenvalue weighted by molar-refractivity contribution is 6.00. The lowest BCUT2D eigenvalue weighted by Gasteiger charge is -2.31. The number of nitrogens with zero attached hydrogens (tertiary/aromatic N) is 3. The molecule has 0 radical (unpaired) electrons. The van der Waals surface area contributed by atoms with Crippen molar-refractivity contribution in [3.8, 4) is 6.07 Å². The summed E-state index contributed by atoms with van der Waals surface area (Å²) in [6.07, 6.45) is -0.324. The highest BCUT2D eigenvalue weighted by Gasteiger charge is 2.41. The third-order valence-corrected chi connectivity index (χ3v) is 7.53. The predicted molar refractivity (Wildman–Crippen MR) is 170 cm³/mol.